The number of halogens is 5. The predicted octanol–water partition coefficient (Wildman–Crippen LogP) is 8.55. The lowest BCUT2D eigenvalue weighted by Crippen LogP contribution is -2.76. The Labute approximate surface area is 192 Å². The number of hydrogen-bond acceptors (Lipinski definition) is 0. The van der Waals surface area contributed by atoms with Crippen molar-refractivity contribution in [3.8, 4) is 0 Å². The van der Waals surface area contributed by atoms with E-state index in [9.17, 15) is 0 Å². The average Bonchev–Trinajstić information content (AvgIpc) is 1.89. The topological polar surface area (TPSA) is 0 Å². The van der Waals surface area contributed by atoms with Gasteiger partial charge in [-0.15, -0.1) is 43.6 Å². The van der Waals surface area contributed by atoms with E-state index in [1.807, 2.05) is 0 Å². The van der Waals surface area contributed by atoms with Crippen LogP contribution in [0.1, 0.15) is 62.3 Å². The highest BCUT2D eigenvalue weighted by molar-refractivity contribution is 14.4. The van der Waals surface area contributed by atoms with E-state index in [2.05, 4.69) is 171 Å². The van der Waals surface area contributed by atoms with Crippen molar-refractivity contribution in [3.63, 3.8) is 0 Å². The van der Waals surface area contributed by atoms with Crippen LogP contribution in [0.2, 0.25) is 15.1 Å². The van der Waals surface area contributed by atoms with Crippen LogP contribution in [0.5, 0.6) is 0 Å². The van der Waals surface area contributed by atoms with Crippen molar-refractivity contribution in [1.29, 1.82) is 0 Å². The average molecular weight is 890 g/mol. The van der Waals surface area contributed by atoms with E-state index in [-0.39, 0.29) is 0 Å². The Morgan fingerprint density at radius 1 is 0.500 bits per heavy atom. The fourth-order valence-corrected chi connectivity index (χ4v) is 115. The predicted molar refractivity (Wildman–Crippen MR) is 147 cm³/mol. The molecule has 20 heavy (non-hydrogen) atoms. The van der Waals surface area contributed by atoms with Crippen molar-refractivity contribution in [3.05, 3.63) is 0 Å². The first-order valence-electron chi connectivity index (χ1n) is 6.69. The van der Waals surface area contributed by atoms with Gasteiger partial charge in [0.25, 0.3) is 0.0813 Å². The first-order valence-corrected chi connectivity index (χ1v) is 30.3. The first-order chi connectivity index (χ1) is 8.25. The van der Waals surface area contributed by atoms with Crippen LogP contribution in [-0.2, 0) is 0 Å². The highest BCUT2D eigenvalue weighted by Crippen LogP contribution is 2.71. The zero-order valence-corrected chi connectivity index (χ0v) is 27.7. The molecule has 0 atom stereocenters. The Hall–Kier alpha value is 4.30. The highest BCUT2D eigenvalue weighted by Gasteiger charge is 2.75. The van der Waals surface area contributed by atoms with Gasteiger partial charge in [-0.25, -0.2) is 0 Å². The maximum Gasteiger partial charge on any atom is 0.261 e. The molecule has 0 nitrogen and oxygen atoms in total. The monoisotopic (exact) mass is 890 g/mol. The van der Waals surface area contributed by atoms with Crippen LogP contribution in [0.3, 0.4) is 0 Å². The Kier molecular flexibility index (Phi) is 8.67. The van der Waals surface area contributed by atoms with E-state index in [0.717, 1.165) is 0 Å². The molecular weight excluding hydrogens is 863 g/mol. The van der Waals surface area contributed by atoms with Crippen LogP contribution in [0.15, 0.2) is 0 Å². The molecule has 0 aliphatic carbocycles. The molecule has 0 saturated heterocycles. The van der Waals surface area contributed by atoms with E-state index in [4.69, 9.17) is 0 Å². The fourth-order valence-electron chi connectivity index (χ4n) is 5.00. The van der Waals surface area contributed by atoms with E-state index in [1.54, 1.807) is 0 Å². The van der Waals surface area contributed by atoms with Crippen molar-refractivity contribution >= 4 is 119 Å². The molecule has 0 aromatic heterocycles. The summed E-state index contributed by atoms with van der Waals surface area (Å²) in [6.45, 7) is 22.9. The minimum Gasteiger partial charge on any atom is -0.109 e. The molecule has 8 heteroatoms. The minimum atomic E-state index is -1.61. The van der Waals surface area contributed by atoms with Crippen LogP contribution in [0.4, 0.5) is 0 Å². The van der Waals surface area contributed by atoms with Gasteiger partial charge in [-0.05, 0) is 15.1 Å². The lowest BCUT2D eigenvalue weighted by Gasteiger charge is -2.65. The van der Waals surface area contributed by atoms with E-state index in [0.29, 0.717) is 15.1 Å². The van der Waals surface area contributed by atoms with Gasteiger partial charge in [0.2, 0.25) is 2.10 Å². The van der Waals surface area contributed by atoms with Gasteiger partial charge < -0.3 is 0 Å². The Morgan fingerprint density at radius 3 is 0.750 bits per heavy atom. The quantitative estimate of drug-likeness (QED) is 0.148. The molecule has 122 valence electrons. The van der Waals surface area contributed by atoms with Gasteiger partial charge >= 0.3 is 0 Å². The lowest BCUT2D eigenvalue weighted by atomic mass is 10.2. The summed E-state index contributed by atoms with van der Waals surface area (Å²) in [6, 6.07) is 0. The summed E-state index contributed by atoms with van der Waals surface area (Å²) < 4.78 is -2.68. The van der Waals surface area contributed by atoms with Crippen molar-refractivity contribution in [2.45, 2.75) is 77.4 Å². The molecule has 0 bridgehead atoms. The number of hydrogen-bond donors (Lipinski definition) is 0. The van der Waals surface area contributed by atoms with Crippen LogP contribution in [0.25, 0.3) is 0 Å². The van der Waals surface area contributed by atoms with Crippen molar-refractivity contribution in [2.24, 2.45) is 0 Å². The molecule has 0 amide bonds. The second-order valence-electron chi connectivity index (χ2n) is 8.57. The summed E-state index contributed by atoms with van der Waals surface area (Å²) in [5.41, 5.74) is 0. The van der Waals surface area contributed by atoms with E-state index < -0.39 is 9.77 Å². The second-order valence-corrected chi connectivity index (χ2v) is 97.6. The largest absolute Gasteiger partial charge is 0.261 e. The third kappa shape index (κ3) is 4.16. The summed E-state index contributed by atoms with van der Waals surface area (Å²) in [6.07, 6.45) is 0. The lowest BCUT2D eigenvalue weighted by molar-refractivity contribution is 0.556. The van der Waals surface area contributed by atoms with E-state index in [1.165, 1.54) is 0 Å². The molecule has 0 aromatic rings. The molecule has 0 spiro atoms. The van der Waals surface area contributed by atoms with Gasteiger partial charge in [-0.2, -0.15) is 0 Å². The Balaban J connectivity index is 6.83. The summed E-state index contributed by atoms with van der Waals surface area (Å²) in [5, 5.41) is 1.29. The van der Waals surface area contributed by atoms with Crippen molar-refractivity contribution in [1.82, 2.24) is 0 Å². The van der Waals surface area contributed by atoms with E-state index >= 15 is 0 Å². The van der Waals surface area contributed by atoms with Crippen LogP contribution in [0, 0.1) is 0 Å². The maximum absolute atomic E-state index is 3.00. The molecule has 0 rings (SSSR count). The SMILES string of the molecule is CC(C)(C)[Si](C(C)(C)C)(C(C)(C)C)[Si](I)(I)[Si](I)(I)I. The van der Waals surface area contributed by atoms with Crippen molar-refractivity contribution < 1.29 is 0 Å². The molecule has 0 unspecified atom stereocenters. The molecule has 0 saturated carbocycles. The Morgan fingerprint density at radius 2 is 0.700 bits per heavy atom. The first kappa shape index (κ1) is 24.3. The van der Waals surface area contributed by atoms with Crippen LogP contribution in [-0.4, -0.2) is 9.77 Å². The summed E-state index contributed by atoms with van der Waals surface area (Å²) in [7, 11) is -1.61. The smallest absolute Gasteiger partial charge is 0.109 e. The Bertz CT molecular complexity index is 319. The molecule has 0 N–H and O–H groups in total. The second kappa shape index (κ2) is 7.13. The van der Waals surface area contributed by atoms with Gasteiger partial charge in [-0.1, -0.05) is 128 Å². The van der Waals surface area contributed by atoms with Gasteiger partial charge in [0, 0.05) is 0 Å². The summed E-state index contributed by atoms with van der Waals surface area (Å²) in [5.74, 6) is 0. The molecule has 0 radical (unpaired) electrons. The van der Waals surface area contributed by atoms with Gasteiger partial charge in [0.05, 0.1) is 7.59 Å². The molecule has 0 heterocycles. The molecule has 0 fully saturated rings. The molecule has 0 aromatic carbocycles. The minimum absolute atomic E-state index is 0.428. The van der Waals surface area contributed by atoms with Gasteiger partial charge in [0.15, 0.2) is 0 Å². The fraction of sp³-hybridized carbons (Fsp3) is 1.00. The van der Waals surface area contributed by atoms with Crippen molar-refractivity contribution in [2.75, 3.05) is 0 Å². The zero-order valence-electron chi connectivity index (χ0n) is 13.9. The summed E-state index contributed by atoms with van der Waals surface area (Å²) >= 11 is 14.6. The maximum atomic E-state index is 3.00. The normalized spacial score (nSPS) is 16.5. The zero-order chi connectivity index (χ0) is 17.0. The highest BCUT2D eigenvalue weighted by atomic mass is 127. The standard InChI is InChI=1S/C12H27I5Si3/c1-10(2,3)18(11(4,5)6,12(7,8)9)20(16,17)19(13,14)15/h1-9H3. The third-order valence-corrected chi connectivity index (χ3v) is 152. The molecule has 0 aliphatic rings. The third-order valence-electron chi connectivity index (χ3n) is 4.20. The van der Waals surface area contributed by atoms with Gasteiger partial charge in [0.1, 0.15) is 0 Å². The van der Waals surface area contributed by atoms with Gasteiger partial charge in [-0.3, -0.25) is 0 Å². The van der Waals surface area contributed by atoms with Crippen LogP contribution >= 0.6 is 109 Å². The molecule has 0 aliphatic heterocycles. The summed E-state index contributed by atoms with van der Waals surface area (Å²) in [4.78, 5) is 0. The number of rotatable bonds is 2. The van der Waals surface area contributed by atoms with Crippen LogP contribution < -0.4 is 0 Å². The molecular formula is C12H27I5Si3.